The number of hydrogen-bond acceptors (Lipinski definition) is 4. The highest BCUT2D eigenvalue weighted by atomic mass is 32.3. The number of fused-ring (bicyclic) bond motifs is 1. The Morgan fingerprint density at radius 3 is 2.59 bits per heavy atom. The maximum absolute atomic E-state index is 13.2. The standard InChI is InChI=1S/C15H20FNO4S/c1-15(2,3)21-14(18)17-9-8-11-6-4-5-7-12(11)13(17)10-22(16,19)20/h4-7,13H,8-10H2,1-3H3. The number of nitrogens with zero attached hydrogens (tertiary/aromatic N) is 1. The van der Waals surface area contributed by atoms with E-state index in [9.17, 15) is 17.1 Å². The first-order chi connectivity index (χ1) is 10.1. The minimum atomic E-state index is -4.73. The molecule has 2 rings (SSSR count). The summed E-state index contributed by atoms with van der Waals surface area (Å²) in [5, 5.41) is 0. The van der Waals surface area contributed by atoms with Gasteiger partial charge in [-0.1, -0.05) is 24.3 Å². The van der Waals surface area contributed by atoms with E-state index in [1.165, 1.54) is 4.90 Å². The van der Waals surface area contributed by atoms with Crippen molar-refractivity contribution in [1.29, 1.82) is 0 Å². The molecule has 22 heavy (non-hydrogen) atoms. The Balaban J connectivity index is 2.35. The maximum Gasteiger partial charge on any atom is 0.410 e. The molecule has 0 aromatic heterocycles. The molecule has 1 aromatic carbocycles. The molecule has 0 radical (unpaired) electrons. The lowest BCUT2D eigenvalue weighted by atomic mass is 9.94. The van der Waals surface area contributed by atoms with Gasteiger partial charge in [-0.25, -0.2) is 4.79 Å². The molecule has 0 saturated carbocycles. The van der Waals surface area contributed by atoms with Gasteiger partial charge in [-0.15, -0.1) is 3.89 Å². The number of rotatable bonds is 2. The molecule has 1 atom stereocenters. The van der Waals surface area contributed by atoms with Crippen molar-refractivity contribution in [3.8, 4) is 0 Å². The molecule has 0 spiro atoms. The Morgan fingerprint density at radius 2 is 2.00 bits per heavy atom. The third kappa shape index (κ3) is 4.19. The van der Waals surface area contributed by atoms with Gasteiger partial charge in [-0.05, 0) is 38.3 Å². The van der Waals surface area contributed by atoms with Crippen LogP contribution in [-0.4, -0.2) is 37.3 Å². The monoisotopic (exact) mass is 329 g/mol. The lowest BCUT2D eigenvalue weighted by molar-refractivity contribution is 0.0162. The fourth-order valence-electron chi connectivity index (χ4n) is 2.56. The van der Waals surface area contributed by atoms with Crippen LogP contribution < -0.4 is 0 Å². The molecule has 0 aliphatic carbocycles. The lowest BCUT2D eigenvalue weighted by Gasteiger charge is -2.37. The summed E-state index contributed by atoms with van der Waals surface area (Å²) in [6.07, 6.45) is -0.0474. The van der Waals surface area contributed by atoms with Gasteiger partial charge >= 0.3 is 16.3 Å². The number of amides is 1. The van der Waals surface area contributed by atoms with Crippen LogP contribution in [0.2, 0.25) is 0 Å². The molecule has 1 aliphatic heterocycles. The van der Waals surface area contributed by atoms with Crippen molar-refractivity contribution in [3.05, 3.63) is 35.4 Å². The van der Waals surface area contributed by atoms with Crippen molar-refractivity contribution < 1.29 is 21.8 Å². The third-order valence-electron chi connectivity index (χ3n) is 3.40. The first-order valence-corrected chi connectivity index (χ1v) is 8.62. The van der Waals surface area contributed by atoms with Crippen LogP contribution in [0.25, 0.3) is 0 Å². The zero-order chi connectivity index (χ0) is 16.5. The fourth-order valence-corrected chi connectivity index (χ4v) is 3.30. The van der Waals surface area contributed by atoms with E-state index in [0.717, 1.165) is 5.56 Å². The van der Waals surface area contributed by atoms with Gasteiger partial charge in [0.15, 0.2) is 0 Å². The average Bonchev–Trinajstić information content (AvgIpc) is 2.35. The van der Waals surface area contributed by atoms with Gasteiger partial charge in [0.1, 0.15) is 11.4 Å². The van der Waals surface area contributed by atoms with Gasteiger partial charge in [0.05, 0.1) is 6.04 Å². The minimum absolute atomic E-state index is 0.298. The Morgan fingerprint density at radius 1 is 1.36 bits per heavy atom. The SMILES string of the molecule is CC(C)(C)OC(=O)N1CCc2ccccc2C1CS(=O)(=O)F. The largest absolute Gasteiger partial charge is 0.444 e. The van der Waals surface area contributed by atoms with E-state index in [0.29, 0.717) is 18.5 Å². The summed E-state index contributed by atoms with van der Waals surface area (Å²) in [6, 6.07) is 6.30. The van der Waals surface area contributed by atoms with E-state index in [4.69, 9.17) is 4.74 Å². The van der Waals surface area contributed by atoms with Crippen molar-refractivity contribution in [3.63, 3.8) is 0 Å². The lowest BCUT2D eigenvalue weighted by Crippen LogP contribution is -2.44. The zero-order valence-corrected chi connectivity index (χ0v) is 13.7. The van der Waals surface area contributed by atoms with Gasteiger partial charge < -0.3 is 4.74 Å². The molecule has 122 valence electrons. The highest BCUT2D eigenvalue weighted by Crippen LogP contribution is 2.32. The van der Waals surface area contributed by atoms with Crippen molar-refractivity contribution in [1.82, 2.24) is 4.90 Å². The zero-order valence-electron chi connectivity index (χ0n) is 12.9. The van der Waals surface area contributed by atoms with Crippen LogP contribution >= 0.6 is 0 Å². The summed E-state index contributed by atoms with van der Waals surface area (Å²) in [6.45, 7) is 5.48. The van der Waals surface area contributed by atoms with E-state index in [1.54, 1.807) is 32.9 Å². The van der Waals surface area contributed by atoms with Crippen LogP contribution in [0.3, 0.4) is 0 Å². The number of benzene rings is 1. The Labute approximate surface area is 130 Å². The quantitative estimate of drug-likeness (QED) is 0.783. The van der Waals surface area contributed by atoms with Gasteiger partial charge in [0, 0.05) is 6.54 Å². The molecular weight excluding hydrogens is 309 g/mol. The van der Waals surface area contributed by atoms with Crippen LogP contribution in [-0.2, 0) is 21.4 Å². The molecule has 0 saturated heterocycles. The summed E-state index contributed by atoms with van der Waals surface area (Å²) < 4.78 is 40.8. The van der Waals surface area contributed by atoms with Crippen molar-refractivity contribution in [2.45, 2.75) is 38.8 Å². The van der Waals surface area contributed by atoms with E-state index in [1.807, 2.05) is 12.1 Å². The van der Waals surface area contributed by atoms with Crippen LogP contribution in [0.4, 0.5) is 8.68 Å². The Hall–Kier alpha value is -1.63. The molecule has 0 N–H and O–H groups in total. The summed E-state index contributed by atoms with van der Waals surface area (Å²) in [4.78, 5) is 13.6. The first-order valence-electron chi connectivity index (χ1n) is 7.06. The van der Waals surface area contributed by atoms with E-state index in [2.05, 4.69) is 0 Å². The van der Waals surface area contributed by atoms with Crippen molar-refractivity contribution >= 4 is 16.3 Å². The second kappa shape index (κ2) is 5.87. The average molecular weight is 329 g/mol. The molecule has 7 heteroatoms. The molecule has 1 aromatic rings. The summed E-state index contributed by atoms with van der Waals surface area (Å²) in [5.41, 5.74) is 0.879. The maximum atomic E-state index is 13.2. The Kier molecular flexibility index (Phi) is 4.47. The molecule has 0 fully saturated rings. The molecule has 1 heterocycles. The van der Waals surface area contributed by atoms with Crippen LogP contribution in [0.15, 0.2) is 24.3 Å². The van der Waals surface area contributed by atoms with E-state index in [-0.39, 0.29) is 0 Å². The van der Waals surface area contributed by atoms with Gasteiger partial charge in [-0.2, -0.15) is 8.42 Å². The molecule has 0 bridgehead atoms. The second-order valence-electron chi connectivity index (χ2n) is 6.34. The molecule has 1 aliphatic rings. The van der Waals surface area contributed by atoms with Crippen LogP contribution in [0.1, 0.15) is 37.9 Å². The minimum Gasteiger partial charge on any atom is -0.444 e. The van der Waals surface area contributed by atoms with Gasteiger partial charge in [0.25, 0.3) is 0 Å². The number of halogens is 1. The Bertz CT molecular complexity index is 666. The molecule has 1 amide bonds. The normalized spacial score (nSPS) is 18.7. The van der Waals surface area contributed by atoms with Gasteiger partial charge in [0.2, 0.25) is 0 Å². The number of ether oxygens (including phenoxy) is 1. The van der Waals surface area contributed by atoms with E-state index < -0.39 is 33.7 Å². The van der Waals surface area contributed by atoms with Gasteiger partial charge in [-0.3, -0.25) is 4.90 Å². The molecule has 5 nitrogen and oxygen atoms in total. The van der Waals surface area contributed by atoms with Crippen molar-refractivity contribution in [2.24, 2.45) is 0 Å². The number of carbonyl (C=O) groups is 1. The highest BCUT2D eigenvalue weighted by molar-refractivity contribution is 7.86. The van der Waals surface area contributed by atoms with Crippen LogP contribution in [0, 0.1) is 0 Å². The summed E-state index contributed by atoms with van der Waals surface area (Å²) in [5.74, 6) is -0.761. The highest BCUT2D eigenvalue weighted by Gasteiger charge is 2.36. The summed E-state index contributed by atoms with van der Waals surface area (Å²) >= 11 is 0. The second-order valence-corrected chi connectivity index (χ2v) is 7.75. The summed E-state index contributed by atoms with van der Waals surface area (Å²) in [7, 11) is -4.73. The molecule has 1 unspecified atom stereocenters. The molecular formula is C15H20FNO4S. The topological polar surface area (TPSA) is 63.7 Å². The number of hydrogen-bond donors (Lipinski definition) is 0. The first kappa shape index (κ1) is 16.7. The third-order valence-corrected chi connectivity index (χ3v) is 4.11. The van der Waals surface area contributed by atoms with E-state index >= 15 is 0 Å². The van der Waals surface area contributed by atoms with Crippen LogP contribution in [0.5, 0.6) is 0 Å². The predicted molar refractivity (Wildman–Crippen MR) is 80.7 cm³/mol. The predicted octanol–water partition coefficient (Wildman–Crippen LogP) is 2.82. The number of carbonyl (C=O) groups excluding carboxylic acids is 1. The smallest absolute Gasteiger partial charge is 0.410 e. The van der Waals surface area contributed by atoms with Crippen molar-refractivity contribution in [2.75, 3.05) is 12.3 Å². The fraction of sp³-hybridized carbons (Fsp3) is 0.533.